The number of nitrogens with zero attached hydrogens (tertiary/aromatic N) is 1. The summed E-state index contributed by atoms with van der Waals surface area (Å²) in [6.45, 7) is 0. The number of thiocarbonyl (C=S) groups is 1. The van der Waals surface area contributed by atoms with Crippen LogP contribution in [-0.2, 0) is 4.79 Å². The number of carbonyl (C=O) groups excluding carboxylic acids is 1. The fourth-order valence-electron chi connectivity index (χ4n) is 8.03. The lowest BCUT2D eigenvalue weighted by molar-refractivity contribution is -0.144. The van der Waals surface area contributed by atoms with Gasteiger partial charge in [-0.1, -0.05) is 38.5 Å². The van der Waals surface area contributed by atoms with Gasteiger partial charge in [0, 0.05) is 12.1 Å². The molecule has 0 aromatic rings. The Balaban J connectivity index is 1.30. The minimum atomic E-state index is -0.0936. The first-order valence-electron chi connectivity index (χ1n) is 12.3. The Hall–Kier alpha value is -0.640. The predicted molar refractivity (Wildman–Crippen MR) is 117 cm³/mol. The number of carbonyl (C=O) groups is 1. The molecule has 0 aromatic carbocycles. The molecule has 1 amide bonds. The summed E-state index contributed by atoms with van der Waals surface area (Å²) in [6.07, 6.45) is 20.5. The van der Waals surface area contributed by atoms with Crippen LogP contribution in [0.5, 0.6) is 0 Å². The quantitative estimate of drug-likeness (QED) is 0.626. The molecular weight excluding hydrogens is 364 g/mol. The van der Waals surface area contributed by atoms with E-state index in [1.54, 1.807) is 0 Å². The van der Waals surface area contributed by atoms with Crippen LogP contribution in [-0.4, -0.2) is 28.0 Å². The summed E-state index contributed by atoms with van der Waals surface area (Å²) in [5.74, 6) is 2.70. The fourth-order valence-corrected chi connectivity index (χ4v) is 8.42. The van der Waals surface area contributed by atoms with Crippen molar-refractivity contribution >= 4 is 23.2 Å². The lowest BCUT2D eigenvalue weighted by Crippen LogP contribution is -2.59. The highest BCUT2D eigenvalue weighted by atomic mass is 32.1. The molecule has 3 nitrogen and oxygen atoms in total. The van der Waals surface area contributed by atoms with E-state index in [4.69, 9.17) is 12.2 Å². The van der Waals surface area contributed by atoms with Crippen LogP contribution in [0.2, 0.25) is 0 Å². The highest BCUT2D eigenvalue weighted by Crippen LogP contribution is 2.60. The molecule has 156 valence electrons. The van der Waals surface area contributed by atoms with Gasteiger partial charge in [0.2, 0.25) is 5.91 Å². The highest BCUT2D eigenvalue weighted by Gasteiger charge is 2.54. The average Bonchev–Trinajstić information content (AvgIpc) is 2.69. The number of hydrogen-bond donors (Lipinski definition) is 1. The standard InChI is InChI=1S/C24H38N2OS/c27-22(24-14-17-11-18(15-24)13-19(12-17)16-24)25-23(28)26(20-7-3-1-4-8-20)21-9-5-2-6-10-21/h17-21H,1-16H2,(H,25,27,28). The maximum absolute atomic E-state index is 13.6. The van der Waals surface area contributed by atoms with Crippen molar-refractivity contribution < 1.29 is 4.79 Å². The molecule has 0 unspecified atom stereocenters. The van der Waals surface area contributed by atoms with Gasteiger partial charge in [-0.3, -0.25) is 4.79 Å². The van der Waals surface area contributed by atoms with Gasteiger partial charge in [0.05, 0.1) is 5.41 Å². The van der Waals surface area contributed by atoms with Crippen molar-refractivity contribution in [1.82, 2.24) is 10.2 Å². The second-order valence-corrected chi connectivity index (χ2v) is 11.3. The van der Waals surface area contributed by atoms with Crippen LogP contribution in [0.1, 0.15) is 103 Å². The van der Waals surface area contributed by atoms with Gasteiger partial charge in [-0.15, -0.1) is 0 Å². The minimum Gasteiger partial charge on any atom is -0.343 e. The van der Waals surface area contributed by atoms with Gasteiger partial charge < -0.3 is 10.2 Å². The van der Waals surface area contributed by atoms with E-state index >= 15 is 0 Å². The predicted octanol–water partition coefficient (Wildman–Crippen LogP) is 5.57. The van der Waals surface area contributed by atoms with E-state index in [2.05, 4.69) is 10.2 Å². The van der Waals surface area contributed by atoms with Crippen LogP contribution >= 0.6 is 12.2 Å². The van der Waals surface area contributed by atoms with Crippen molar-refractivity contribution in [3.05, 3.63) is 0 Å². The van der Waals surface area contributed by atoms with Crippen LogP contribution in [0.3, 0.4) is 0 Å². The maximum Gasteiger partial charge on any atom is 0.232 e. The van der Waals surface area contributed by atoms with E-state index in [1.807, 2.05) is 0 Å². The van der Waals surface area contributed by atoms with Crippen molar-refractivity contribution in [3.8, 4) is 0 Å². The zero-order valence-corrected chi connectivity index (χ0v) is 18.3. The minimum absolute atomic E-state index is 0.0936. The van der Waals surface area contributed by atoms with Crippen molar-refractivity contribution in [2.75, 3.05) is 0 Å². The molecule has 6 rings (SSSR count). The van der Waals surface area contributed by atoms with Crippen molar-refractivity contribution in [3.63, 3.8) is 0 Å². The number of hydrogen-bond acceptors (Lipinski definition) is 2. The molecule has 28 heavy (non-hydrogen) atoms. The monoisotopic (exact) mass is 402 g/mol. The van der Waals surface area contributed by atoms with Crippen LogP contribution in [0, 0.1) is 23.2 Å². The van der Waals surface area contributed by atoms with E-state index in [-0.39, 0.29) is 11.3 Å². The molecule has 0 saturated heterocycles. The topological polar surface area (TPSA) is 32.3 Å². The van der Waals surface area contributed by atoms with Gasteiger partial charge in [-0.2, -0.15) is 0 Å². The summed E-state index contributed by atoms with van der Waals surface area (Å²) in [5, 5.41) is 4.13. The summed E-state index contributed by atoms with van der Waals surface area (Å²) in [7, 11) is 0. The molecule has 4 heteroatoms. The van der Waals surface area contributed by atoms with E-state index in [9.17, 15) is 4.79 Å². The van der Waals surface area contributed by atoms with Gasteiger partial charge in [-0.05, 0) is 94.2 Å². The number of rotatable bonds is 3. The van der Waals surface area contributed by atoms with Crippen LogP contribution < -0.4 is 5.32 Å². The van der Waals surface area contributed by atoms with Crippen LogP contribution in [0.25, 0.3) is 0 Å². The lowest BCUT2D eigenvalue weighted by Gasteiger charge is -2.55. The van der Waals surface area contributed by atoms with Crippen molar-refractivity contribution in [1.29, 1.82) is 0 Å². The first-order valence-corrected chi connectivity index (χ1v) is 12.7. The van der Waals surface area contributed by atoms with Gasteiger partial charge >= 0.3 is 0 Å². The molecule has 6 saturated carbocycles. The second kappa shape index (κ2) is 7.89. The van der Waals surface area contributed by atoms with Gasteiger partial charge in [-0.25, -0.2) is 0 Å². The van der Waals surface area contributed by atoms with E-state index in [1.165, 1.54) is 83.5 Å². The fraction of sp³-hybridized carbons (Fsp3) is 0.917. The molecule has 0 heterocycles. The molecule has 6 aliphatic rings. The SMILES string of the molecule is O=C(NC(=S)N(C1CCCCC1)C1CCCCC1)C12CC3CC(CC(C3)C1)C2. The molecule has 1 N–H and O–H groups in total. The summed E-state index contributed by atoms with van der Waals surface area (Å²) < 4.78 is 0. The third-order valence-electron chi connectivity index (χ3n) is 8.91. The Morgan fingerprint density at radius 1 is 0.750 bits per heavy atom. The zero-order chi connectivity index (χ0) is 19.1. The first-order chi connectivity index (χ1) is 13.6. The Bertz CT molecular complexity index is 552. The molecule has 6 fully saturated rings. The Kier molecular flexibility index (Phi) is 5.45. The summed E-state index contributed by atoms with van der Waals surface area (Å²) in [5.41, 5.74) is -0.0936. The Labute approximate surface area is 176 Å². The summed E-state index contributed by atoms with van der Waals surface area (Å²) >= 11 is 5.96. The smallest absolute Gasteiger partial charge is 0.232 e. The zero-order valence-electron chi connectivity index (χ0n) is 17.5. The normalized spacial score (nSPS) is 38.4. The van der Waals surface area contributed by atoms with Gasteiger partial charge in [0.25, 0.3) is 0 Å². The van der Waals surface area contributed by atoms with Crippen molar-refractivity contribution in [2.45, 2.75) is 115 Å². The summed E-state index contributed by atoms with van der Waals surface area (Å²) in [6, 6.07) is 1.11. The van der Waals surface area contributed by atoms with Gasteiger partial charge in [0.15, 0.2) is 5.11 Å². The largest absolute Gasteiger partial charge is 0.343 e. The third kappa shape index (κ3) is 3.63. The third-order valence-corrected chi connectivity index (χ3v) is 9.22. The van der Waals surface area contributed by atoms with E-state index in [0.717, 1.165) is 42.1 Å². The lowest BCUT2D eigenvalue weighted by atomic mass is 9.49. The number of amides is 1. The van der Waals surface area contributed by atoms with E-state index in [0.29, 0.717) is 12.1 Å². The molecule has 6 aliphatic carbocycles. The van der Waals surface area contributed by atoms with Crippen LogP contribution in [0.4, 0.5) is 0 Å². The Morgan fingerprint density at radius 2 is 1.18 bits per heavy atom. The average molecular weight is 403 g/mol. The van der Waals surface area contributed by atoms with Gasteiger partial charge in [0.1, 0.15) is 0 Å². The highest BCUT2D eigenvalue weighted by molar-refractivity contribution is 7.80. The number of nitrogens with one attached hydrogen (secondary N) is 1. The first kappa shape index (κ1) is 19.3. The molecule has 0 radical (unpaired) electrons. The van der Waals surface area contributed by atoms with E-state index < -0.39 is 0 Å². The van der Waals surface area contributed by atoms with Crippen molar-refractivity contribution in [2.24, 2.45) is 23.2 Å². The molecular formula is C24H38N2OS. The molecule has 0 atom stereocenters. The summed E-state index contributed by atoms with van der Waals surface area (Å²) in [4.78, 5) is 16.1. The Morgan fingerprint density at radius 3 is 1.61 bits per heavy atom. The molecule has 4 bridgehead atoms. The second-order valence-electron chi connectivity index (χ2n) is 10.9. The maximum atomic E-state index is 13.6. The molecule has 0 spiro atoms. The van der Waals surface area contributed by atoms with Crippen LogP contribution in [0.15, 0.2) is 0 Å². The molecule has 0 aliphatic heterocycles. The molecule has 0 aromatic heterocycles.